The van der Waals surface area contributed by atoms with Crippen LogP contribution in [0.5, 0.6) is 0 Å². The average molecular weight is 281 g/mol. The van der Waals surface area contributed by atoms with Gasteiger partial charge in [-0.15, -0.1) is 13.2 Å². The van der Waals surface area contributed by atoms with Crippen LogP contribution in [0, 0.1) is 0 Å². The minimum absolute atomic E-state index is 0.273. The molecule has 0 aromatic heterocycles. The average Bonchev–Trinajstić information content (AvgIpc) is 2.29. The Bertz CT molecular complexity index is 358. The summed E-state index contributed by atoms with van der Waals surface area (Å²) in [6.45, 7) is 24.7. The van der Waals surface area contributed by atoms with E-state index in [0.29, 0.717) is 13.1 Å². The Kier molecular flexibility index (Phi) is 9.78. The number of hydrogen-bond acceptors (Lipinski definition) is 2. The van der Waals surface area contributed by atoms with Gasteiger partial charge in [0.1, 0.15) is 5.60 Å². The van der Waals surface area contributed by atoms with Gasteiger partial charge in [-0.25, -0.2) is 4.79 Å². The van der Waals surface area contributed by atoms with Gasteiger partial charge in [0, 0.05) is 13.1 Å². The van der Waals surface area contributed by atoms with Crippen LogP contribution in [0.4, 0.5) is 4.79 Å². The normalized spacial score (nSPS) is 9.95. The van der Waals surface area contributed by atoms with Crippen LogP contribution in [0.25, 0.3) is 0 Å². The number of carbonyl (C=O) groups is 1. The fourth-order valence-electron chi connectivity index (χ4n) is 1.54. The molecule has 0 bridgehead atoms. The van der Waals surface area contributed by atoms with Gasteiger partial charge in [0.15, 0.2) is 0 Å². The number of allylic oxidation sites excluding steroid dienone is 1. The molecule has 0 aromatic carbocycles. The molecule has 0 unspecified atom stereocenters. The van der Waals surface area contributed by atoms with E-state index in [0.717, 1.165) is 11.1 Å². The van der Waals surface area contributed by atoms with Crippen LogP contribution in [0.3, 0.4) is 0 Å². The molecular weight excluding hydrogens is 250 g/mol. The highest BCUT2D eigenvalue weighted by atomic mass is 16.6. The highest BCUT2D eigenvalue weighted by Gasteiger charge is 2.22. The van der Waals surface area contributed by atoms with E-state index >= 15 is 0 Å². The van der Waals surface area contributed by atoms with Crippen LogP contribution in [-0.4, -0.2) is 29.7 Å². The summed E-state index contributed by atoms with van der Waals surface area (Å²) in [4.78, 5) is 13.7. The Morgan fingerprint density at radius 3 is 1.85 bits per heavy atom. The first kappa shape index (κ1) is 20.8. The minimum Gasteiger partial charge on any atom is -0.444 e. The Labute approximate surface area is 125 Å². The molecule has 0 saturated carbocycles. The predicted molar refractivity (Wildman–Crippen MR) is 87.9 cm³/mol. The van der Waals surface area contributed by atoms with Crippen LogP contribution in [-0.2, 0) is 4.74 Å². The quantitative estimate of drug-likeness (QED) is 0.538. The maximum absolute atomic E-state index is 12.0. The van der Waals surface area contributed by atoms with Gasteiger partial charge in [-0.05, 0) is 54.0 Å². The lowest BCUT2D eigenvalue weighted by Gasteiger charge is -2.27. The number of nitrogens with zero attached hydrogens (tertiary/aromatic N) is 1. The topological polar surface area (TPSA) is 29.5 Å². The largest absolute Gasteiger partial charge is 0.444 e. The first-order chi connectivity index (χ1) is 9.08. The molecule has 3 nitrogen and oxygen atoms in total. The van der Waals surface area contributed by atoms with E-state index in [9.17, 15) is 4.79 Å². The Hall–Kier alpha value is -1.51. The van der Waals surface area contributed by atoms with Crippen LogP contribution < -0.4 is 0 Å². The second kappa shape index (κ2) is 9.40. The zero-order valence-corrected chi connectivity index (χ0v) is 14.3. The molecule has 0 aliphatic heterocycles. The van der Waals surface area contributed by atoms with Crippen LogP contribution in [0.15, 0.2) is 36.5 Å². The first-order valence-corrected chi connectivity index (χ1v) is 6.88. The summed E-state index contributed by atoms with van der Waals surface area (Å²) in [5.74, 6) is 0. The highest BCUT2D eigenvalue weighted by molar-refractivity contribution is 5.68. The number of hydrogen-bond donors (Lipinski definition) is 0. The second-order valence-corrected chi connectivity index (χ2v) is 5.75. The van der Waals surface area contributed by atoms with Crippen LogP contribution in [0.2, 0.25) is 0 Å². The third-order valence-corrected chi connectivity index (χ3v) is 2.50. The van der Waals surface area contributed by atoms with Crippen molar-refractivity contribution < 1.29 is 9.53 Å². The van der Waals surface area contributed by atoms with Crippen molar-refractivity contribution in [1.29, 1.82) is 0 Å². The first-order valence-electron chi connectivity index (χ1n) is 6.88. The summed E-state index contributed by atoms with van der Waals surface area (Å²) < 4.78 is 5.39. The van der Waals surface area contributed by atoms with E-state index in [-0.39, 0.29) is 6.09 Å². The van der Waals surface area contributed by atoms with Gasteiger partial charge in [0.25, 0.3) is 0 Å². The summed E-state index contributed by atoms with van der Waals surface area (Å²) in [5.41, 5.74) is 2.84. The molecule has 116 valence electrons. The Morgan fingerprint density at radius 1 is 1.15 bits per heavy atom. The van der Waals surface area contributed by atoms with Crippen molar-refractivity contribution in [1.82, 2.24) is 4.90 Å². The van der Waals surface area contributed by atoms with Crippen molar-refractivity contribution >= 4 is 6.09 Å². The smallest absolute Gasteiger partial charge is 0.410 e. The molecule has 0 heterocycles. The maximum atomic E-state index is 12.0. The number of rotatable bonds is 4. The zero-order valence-electron chi connectivity index (χ0n) is 14.3. The summed E-state index contributed by atoms with van der Waals surface area (Å²) in [6, 6.07) is 0. The molecule has 0 aromatic rings. The van der Waals surface area contributed by atoms with Crippen LogP contribution in [0.1, 0.15) is 48.5 Å². The third-order valence-electron chi connectivity index (χ3n) is 2.50. The van der Waals surface area contributed by atoms with E-state index in [1.807, 2.05) is 48.5 Å². The Morgan fingerprint density at radius 2 is 1.60 bits per heavy atom. The van der Waals surface area contributed by atoms with E-state index in [2.05, 4.69) is 19.7 Å². The lowest BCUT2D eigenvalue weighted by Crippen LogP contribution is -2.38. The number of likely N-dealkylation sites (N-methyl/N-ethyl adjacent to an activating group) is 1. The van der Waals surface area contributed by atoms with E-state index in [1.54, 1.807) is 4.90 Å². The van der Waals surface area contributed by atoms with Crippen molar-refractivity contribution in [2.75, 3.05) is 13.1 Å². The summed E-state index contributed by atoms with van der Waals surface area (Å²) in [6.07, 6.45) is -0.273. The van der Waals surface area contributed by atoms with Gasteiger partial charge < -0.3 is 9.64 Å². The monoisotopic (exact) mass is 281 g/mol. The van der Waals surface area contributed by atoms with Gasteiger partial charge in [-0.1, -0.05) is 17.7 Å². The van der Waals surface area contributed by atoms with Crippen LogP contribution >= 0.6 is 0 Å². The van der Waals surface area contributed by atoms with Gasteiger partial charge in [0.05, 0.1) is 0 Å². The maximum Gasteiger partial charge on any atom is 0.410 e. The second-order valence-electron chi connectivity index (χ2n) is 5.75. The van der Waals surface area contributed by atoms with Gasteiger partial charge in [-0.2, -0.15) is 0 Å². The SMILES string of the molecule is C=C.C=C(C)C(CN(CC)C(=O)OC(C)(C)C)=C(C)C. The third kappa shape index (κ3) is 8.57. The molecule has 3 heteroatoms. The van der Waals surface area contributed by atoms with E-state index in [4.69, 9.17) is 4.74 Å². The molecule has 0 aliphatic rings. The lowest BCUT2D eigenvalue weighted by molar-refractivity contribution is 0.0277. The fourth-order valence-corrected chi connectivity index (χ4v) is 1.54. The van der Waals surface area contributed by atoms with E-state index in [1.165, 1.54) is 5.57 Å². The standard InChI is InChI=1S/C15H27NO2.C2H4/c1-9-16(14(17)18-15(6,7)8)10-13(11(2)3)12(4)5;1-2/h2,9-10H2,1,3-8H3;1-2H2. The molecule has 0 N–H and O–H groups in total. The fraction of sp³-hybridized carbons (Fsp3) is 0.588. The van der Waals surface area contributed by atoms with E-state index < -0.39 is 5.60 Å². The molecule has 1 amide bonds. The molecule has 0 rings (SSSR count). The van der Waals surface area contributed by atoms with Crippen molar-refractivity contribution in [2.45, 2.75) is 54.1 Å². The molecule has 0 fully saturated rings. The highest BCUT2D eigenvalue weighted by Crippen LogP contribution is 2.16. The summed E-state index contributed by atoms with van der Waals surface area (Å²) in [5, 5.41) is 0. The van der Waals surface area contributed by atoms with Crippen molar-refractivity contribution in [3.63, 3.8) is 0 Å². The number of carbonyl (C=O) groups excluding carboxylic acids is 1. The summed E-state index contributed by atoms with van der Waals surface area (Å²) in [7, 11) is 0. The van der Waals surface area contributed by atoms with Gasteiger partial charge >= 0.3 is 6.09 Å². The Balaban J connectivity index is 0. The molecule has 0 saturated heterocycles. The zero-order chi connectivity index (χ0) is 16.5. The molecule has 0 aliphatic carbocycles. The van der Waals surface area contributed by atoms with Crippen molar-refractivity contribution in [2.24, 2.45) is 0 Å². The molecule has 20 heavy (non-hydrogen) atoms. The molecular formula is C17H31NO2. The molecule has 0 spiro atoms. The predicted octanol–water partition coefficient (Wildman–Crippen LogP) is 4.96. The van der Waals surface area contributed by atoms with Gasteiger partial charge in [-0.3, -0.25) is 0 Å². The van der Waals surface area contributed by atoms with Gasteiger partial charge in [0.2, 0.25) is 0 Å². The minimum atomic E-state index is -0.459. The van der Waals surface area contributed by atoms with Crippen molar-refractivity contribution in [3.8, 4) is 0 Å². The number of ether oxygens (including phenoxy) is 1. The summed E-state index contributed by atoms with van der Waals surface area (Å²) >= 11 is 0. The molecule has 0 atom stereocenters. The molecule has 0 radical (unpaired) electrons. The number of amides is 1. The van der Waals surface area contributed by atoms with Crippen molar-refractivity contribution in [3.05, 3.63) is 36.5 Å². The lowest BCUT2D eigenvalue weighted by atomic mass is 10.0.